The first-order chi connectivity index (χ1) is 8.93. The normalized spacial score (nSPS) is 10.7. The van der Waals surface area contributed by atoms with Gasteiger partial charge in [0.05, 0.1) is 0 Å². The Labute approximate surface area is 113 Å². The molecule has 0 aromatic heterocycles. The van der Waals surface area contributed by atoms with Crippen molar-refractivity contribution in [2.45, 2.75) is 64.2 Å². The van der Waals surface area contributed by atoms with Crippen LogP contribution < -0.4 is 5.73 Å². The van der Waals surface area contributed by atoms with Crippen LogP contribution in [0.2, 0.25) is 0 Å². The molecular weight excluding hydrogens is 218 g/mol. The SMILES string of the molecule is NCCCCCCCCCCCc1ccccc1. The zero-order chi connectivity index (χ0) is 12.9. The molecule has 1 aromatic carbocycles. The van der Waals surface area contributed by atoms with Crippen molar-refractivity contribution in [1.29, 1.82) is 0 Å². The molecule has 0 radical (unpaired) electrons. The molecule has 0 heterocycles. The first-order valence-corrected chi connectivity index (χ1v) is 7.67. The minimum Gasteiger partial charge on any atom is -0.330 e. The van der Waals surface area contributed by atoms with Gasteiger partial charge in [0.1, 0.15) is 0 Å². The number of aryl methyl sites for hydroxylation is 1. The quantitative estimate of drug-likeness (QED) is 0.564. The van der Waals surface area contributed by atoms with Crippen LogP contribution in [0.1, 0.15) is 63.4 Å². The highest BCUT2D eigenvalue weighted by Gasteiger charge is 1.94. The number of benzene rings is 1. The number of rotatable bonds is 11. The van der Waals surface area contributed by atoms with Crippen molar-refractivity contribution in [1.82, 2.24) is 0 Å². The highest BCUT2D eigenvalue weighted by molar-refractivity contribution is 5.14. The zero-order valence-corrected chi connectivity index (χ0v) is 11.7. The third-order valence-electron chi connectivity index (χ3n) is 3.51. The van der Waals surface area contributed by atoms with E-state index < -0.39 is 0 Å². The van der Waals surface area contributed by atoms with Crippen LogP contribution in [0.25, 0.3) is 0 Å². The van der Waals surface area contributed by atoms with Crippen LogP contribution in [0, 0.1) is 0 Å². The predicted molar refractivity (Wildman–Crippen MR) is 80.8 cm³/mol. The second-order valence-electron chi connectivity index (χ2n) is 5.21. The van der Waals surface area contributed by atoms with Gasteiger partial charge in [-0.25, -0.2) is 0 Å². The van der Waals surface area contributed by atoms with E-state index in [1.807, 2.05) is 0 Å². The Balaban J connectivity index is 1.82. The summed E-state index contributed by atoms with van der Waals surface area (Å²) in [6, 6.07) is 10.8. The van der Waals surface area contributed by atoms with E-state index in [4.69, 9.17) is 5.73 Å². The standard InChI is InChI=1S/C17H29N/c18-16-12-7-5-3-1-2-4-6-9-13-17-14-10-8-11-15-17/h8,10-11,14-15H,1-7,9,12-13,16,18H2. The first-order valence-electron chi connectivity index (χ1n) is 7.67. The first kappa shape index (κ1) is 15.2. The second-order valence-corrected chi connectivity index (χ2v) is 5.21. The minimum atomic E-state index is 0.861. The van der Waals surface area contributed by atoms with Crippen LogP contribution in [0.3, 0.4) is 0 Å². The van der Waals surface area contributed by atoms with Crippen LogP contribution >= 0.6 is 0 Å². The van der Waals surface area contributed by atoms with Crippen LogP contribution in [-0.2, 0) is 6.42 Å². The molecule has 0 saturated heterocycles. The van der Waals surface area contributed by atoms with E-state index in [1.165, 1.54) is 69.8 Å². The van der Waals surface area contributed by atoms with Gasteiger partial charge < -0.3 is 5.73 Å². The molecule has 0 aliphatic heterocycles. The zero-order valence-electron chi connectivity index (χ0n) is 11.7. The van der Waals surface area contributed by atoms with E-state index in [2.05, 4.69) is 30.3 Å². The molecule has 0 amide bonds. The van der Waals surface area contributed by atoms with Crippen molar-refractivity contribution in [2.24, 2.45) is 5.73 Å². The molecule has 0 atom stereocenters. The van der Waals surface area contributed by atoms with Gasteiger partial charge in [-0.2, -0.15) is 0 Å². The fraction of sp³-hybridized carbons (Fsp3) is 0.647. The van der Waals surface area contributed by atoms with Crippen LogP contribution in [0.15, 0.2) is 30.3 Å². The average Bonchev–Trinajstić information content (AvgIpc) is 2.42. The Hall–Kier alpha value is -0.820. The second kappa shape index (κ2) is 11.3. The third kappa shape index (κ3) is 8.30. The molecule has 2 N–H and O–H groups in total. The summed E-state index contributed by atoms with van der Waals surface area (Å²) in [5.41, 5.74) is 6.96. The van der Waals surface area contributed by atoms with Crippen LogP contribution in [0.4, 0.5) is 0 Å². The molecule has 1 heteroatoms. The lowest BCUT2D eigenvalue weighted by molar-refractivity contribution is 0.560. The number of hydrogen-bond donors (Lipinski definition) is 1. The van der Waals surface area contributed by atoms with Gasteiger partial charge >= 0.3 is 0 Å². The topological polar surface area (TPSA) is 26.0 Å². The highest BCUT2D eigenvalue weighted by atomic mass is 14.5. The number of nitrogens with two attached hydrogens (primary N) is 1. The largest absolute Gasteiger partial charge is 0.330 e. The summed E-state index contributed by atoms with van der Waals surface area (Å²) in [5.74, 6) is 0. The molecule has 1 nitrogen and oxygen atoms in total. The Morgan fingerprint density at radius 2 is 1.11 bits per heavy atom. The molecule has 0 spiro atoms. The highest BCUT2D eigenvalue weighted by Crippen LogP contribution is 2.11. The summed E-state index contributed by atoms with van der Waals surface area (Å²) in [4.78, 5) is 0. The fourth-order valence-electron chi connectivity index (χ4n) is 2.36. The van der Waals surface area contributed by atoms with E-state index in [9.17, 15) is 0 Å². The Kier molecular flexibility index (Phi) is 9.55. The van der Waals surface area contributed by atoms with E-state index in [0.717, 1.165) is 6.54 Å². The third-order valence-corrected chi connectivity index (χ3v) is 3.51. The predicted octanol–water partition coefficient (Wildman–Crippen LogP) is 4.70. The maximum absolute atomic E-state index is 5.47. The summed E-state index contributed by atoms with van der Waals surface area (Å²) in [6.07, 6.45) is 13.5. The molecule has 102 valence electrons. The smallest absolute Gasteiger partial charge is 0.00773 e. The molecule has 0 fully saturated rings. The number of unbranched alkanes of at least 4 members (excludes halogenated alkanes) is 8. The lowest BCUT2D eigenvalue weighted by atomic mass is 10.0. The Morgan fingerprint density at radius 3 is 1.67 bits per heavy atom. The molecule has 18 heavy (non-hydrogen) atoms. The van der Waals surface area contributed by atoms with E-state index in [0.29, 0.717) is 0 Å². The molecule has 1 aromatic rings. The Morgan fingerprint density at radius 1 is 0.611 bits per heavy atom. The van der Waals surface area contributed by atoms with Gasteiger partial charge in [0.25, 0.3) is 0 Å². The molecule has 0 bridgehead atoms. The van der Waals surface area contributed by atoms with E-state index in [1.54, 1.807) is 0 Å². The monoisotopic (exact) mass is 247 g/mol. The maximum Gasteiger partial charge on any atom is -0.00773 e. The van der Waals surface area contributed by atoms with Crippen molar-refractivity contribution < 1.29 is 0 Å². The van der Waals surface area contributed by atoms with E-state index >= 15 is 0 Å². The average molecular weight is 247 g/mol. The van der Waals surface area contributed by atoms with Gasteiger partial charge in [-0.05, 0) is 31.4 Å². The fourth-order valence-corrected chi connectivity index (χ4v) is 2.36. The lowest BCUT2D eigenvalue weighted by Crippen LogP contribution is -1.97. The van der Waals surface area contributed by atoms with Crippen molar-refractivity contribution in [2.75, 3.05) is 6.54 Å². The van der Waals surface area contributed by atoms with E-state index in [-0.39, 0.29) is 0 Å². The summed E-state index contributed by atoms with van der Waals surface area (Å²) < 4.78 is 0. The van der Waals surface area contributed by atoms with Gasteiger partial charge in [-0.15, -0.1) is 0 Å². The summed E-state index contributed by atoms with van der Waals surface area (Å²) in [7, 11) is 0. The van der Waals surface area contributed by atoms with Crippen molar-refractivity contribution in [3.05, 3.63) is 35.9 Å². The van der Waals surface area contributed by atoms with Gasteiger partial charge in [0, 0.05) is 0 Å². The Bertz CT molecular complexity index is 268. The molecular formula is C17H29N. The summed E-state index contributed by atoms with van der Waals surface area (Å²) in [6.45, 7) is 0.861. The molecule has 1 rings (SSSR count). The van der Waals surface area contributed by atoms with Gasteiger partial charge in [-0.3, -0.25) is 0 Å². The van der Waals surface area contributed by atoms with Gasteiger partial charge in [0.15, 0.2) is 0 Å². The van der Waals surface area contributed by atoms with Crippen molar-refractivity contribution in [3.8, 4) is 0 Å². The van der Waals surface area contributed by atoms with Gasteiger partial charge in [0.2, 0.25) is 0 Å². The van der Waals surface area contributed by atoms with Crippen molar-refractivity contribution >= 4 is 0 Å². The lowest BCUT2D eigenvalue weighted by Gasteiger charge is -2.03. The molecule has 0 unspecified atom stereocenters. The summed E-state index contributed by atoms with van der Waals surface area (Å²) >= 11 is 0. The molecule has 0 aliphatic rings. The molecule has 0 saturated carbocycles. The summed E-state index contributed by atoms with van der Waals surface area (Å²) in [5, 5.41) is 0. The molecule has 0 aliphatic carbocycles. The van der Waals surface area contributed by atoms with Crippen LogP contribution in [0.5, 0.6) is 0 Å². The van der Waals surface area contributed by atoms with Gasteiger partial charge in [-0.1, -0.05) is 75.3 Å². The van der Waals surface area contributed by atoms with Crippen LogP contribution in [-0.4, -0.2) is 6.54 Å². The maximum atomic E-state index is 5.47. The number of hydrogen-bond acceptors (Lipinski definition) is 1. The minimum absolute atomic E-state index is 0.861. The van der Waals surface area contributed by atoms with Crippen molar-refractivity contribution in [3.63, 3.8) is 0 Å².